The van der Waals surface area contributed by atoms with Gasteiger partial charge in [0.25, 0.3) is 11.8 Å². The van der Waals surface area contributed by atoms with Gasteiger partial charge in [0.15, 0.2) is 5.69 Å². The molecule has 2 aliphatic heterocycles. The highest BCUT2D eigenvalue weighted by molar-refractivity contribution is 7.12. The number of aryl methyl sites for hydroxylation is 1. The number of methoxy groups -OCH3 is 1. The third kappa shape index (κ3) is 6.91. The minimum absolute atomic E-state index is 0.0398. The highest BCUT2D eigenvalue weighted by atomic mass is 35.5. The first-order chi connectivity index (χ1) is 22.0. The first-order valence-corrected chi connectivity index (χ1v) is 16.3. The smallest absolute Gasteiger partial charge is 0.434 e. The Labute approximate surface area is 273 Å². The molecule has 2 aromatic heterocycles. The first kappa shape index (κ1) is 32.8. The average Bonchev–Trinajstić information content (AvgIpc) is 3.66. The van der Waals surface area contributed by atoms with E-state index in [2.05, 4.69) is 26.8 Å². The molecule has 0 spiro atoms. The van der Waals surface area contributed by atoms with Crippen molar-refractivity contribution in [3.8, 4) is 11.6 Å². The number of benzene rings is 1. The van der Waals surface area contributed by atoms with Gasteiger partial charge in [-0.25, -0.2) is 4.98 Å². The van der Waals surface area contributed by atoms with E-state index in [4.69, 9.17) is 25.8 Å². The monoisotopic (exact) mass is 680 g/mol. The number of nitrogens with zero attached hydrogens (tertiary/aromatic N) is 4. The molecule has 4 heterocycles. The van der Waals surface area contributed by atoms with Crippen molar-refractivity contribution in [2.45, 2.75) is 63.6 Å². The summed E-state index contributed by atoms with van der Waals surface area (Å²) >= 11 is 7.33. The zero-order valence-corrected chi connectivity index (χ0v) is 27.3. The van der Waals surface area contributed by atoms with Gasteiger partial charge in [0, 0.05) is 50.5 Å². The van der Waals surface area contributed by atoms with E-state index in [1.54, 1.807) is 13.3 Å². The van der Waals surface area contributed by atoms with Gasteiger partial charge >= 0.3 is 6.18 Å². The van der Waals surface area contributed by atoms with Crippen LogP contribution >= 0.6 is 22.9 Å². The topological polar surface area (TPSA) is 103 Å². The predicted molar refractivity (Wildman–Crippen MR) is 167 cm³/mol. The van der Waals surface area contributed by atoms with Crippen molar-refractivity contribution in [1.29, 1.82) is 0 Å². The van der Waals surface area contributed by atoms with Crippen molar-refractivity contribution in [1.82, 2.24) is 30.3 Å². The normalized spacial score (nSPS) is 19.8. The molecule has 248 valence electrons. The molecule has 6 rings (SSSR count). The van der Waals surface area contributed by atoms with Gasteiger partial charge in [-0.1, -0.05) is 23.7 Å². The maximum atomic E-state index is 14.4. The van der Waals surface area contributed by atoms with Gasteiger partial charge in [-0.15, -0.1) is 16.4 Å². The number of alkyl halides is 3. The molecule has 0 radical (unpaired) electrons. The second kappa shape index (κ2) is 13.5. The summed E-state index contributed by atoms with van der Waals surface area (Å²) in [6.07, 6.45) is -0.177. The summed E-state index contributed by atoms with van der Waals surface area (Å²) in [5.41, 5.74) is 2.83. The van der Waals surface area contributed by atoms with Crippen molar-refractivity contribution < 1.29 is 32.2 Å². The number of ether oxygens (including phenoxy) is 3. The van der Waals surface area contributed by atoms with Crippen LogP contribution < -0.4 is 20.1 Å². The first-order valence-electron chi connectivity index (χ1n) is 15.1. The van der Waals surface area contributed by atoms with Crippen LogP contribution in [0.25, 0.3) is 5.57 Å². The van der Waals surface area contributed by atoms with E-state index in [1.807, 2.05) is 24.0 Å². The lowest BCUT2D eigenvalue weighted by Gasteiger charge is -2.40. The van der Waals surface area contributed by atoms with Crippen LogP contribution in [0, 0.1) is 6.92 Å². The number of piperazine rings is 1. The number of carbonyl (C=O) groups is 1. The van der Waals surface area contributed by atoms with E-state index in [9.17, 15) is 18.0 Å². The van der Waals surface area contributed by atoms with E-state index in [0.29, 0.717) is 24.2 Å². The number of hydrogen-bond acceptors (Lipinski definition) is 9. The van der Waals surface area contributed by atoms with Crippen LogP contribution in [-0.2, 0) is 35.9 Å². The molecular formula is C31H36ClF3N6O4S. The zero-order valence-electron chi connectivity index (χ0n) is 25.7. The zero-order chi connectivity index (χ0) is 32.6. The Bertz CT molecular complexity index is 1620. The number of carbonyl (C=O) groups excluding carboxylic acids is 1. The van der Waals surface area contributed by atoms with Crippen LogP contribution in [0.3, 0.4) is 0 Å². The Morgan fingerprint density at radius 1 is 1.24 bits per heavy atom. The third-order valence-electron chi connectivity index (χ3n) is 8.51. The average molecular weight is 681 g/mol. The van der Waals surface area contributed by atoms with Crippen molar-refractivity contribution in [3.63, 3.8) is 0 Å². The van der Waals surface area contributed by atoms with Crippen LogP contribution in [0.1, 0.15) is 46.0 Å². The van der Waals surface area contributed by atoms with Crippen molar-refractivity contribution in [2.75, 3.05) is 33.4 Å². The predicted octanol–water partition coefficient (Wildman–Crippen LogP) is 4.74. The van der Waals surface area contributed by atoms with E-state index < -0.39 is 16.9 Å². The maximum absolute atomic E-state index is 14.4. The standard InChI is InChI=1S/C31H36ClF3N6O4S/c1-17-18(5-4-6-23(17)43-3)15-41(20-7-8-20)30(42)26-21(11-19-12-36-13-22(26)38-19)24-14-37-25(46-24)16-44-9-10-45-29-27(32)28(31(33,34)35)40(2)39-29/h4-6,14,19-20,22,36,38H,7-13,15-16H2,1-3H3/t19?,22-/m1/s1. The van der Waals surface area contributed by atoms with Crippen LogP contribution in [0.2, 0.25) is 5.02 Å². The Morgan fingerprint density at radius 3 is 2.76 bits per heavy atom. The molecule has 46 heavy (non-hydrogen) atoms. The summed E-state index contributed by atoms with van der Waals surface area (Å²) in [5, 5.41) is 11.0. The highest BCUT2D eigenvalue weighted by Gasteiger charge is 2.42. The molecule has 1 saturated heterocycles. The summed E-state index contributed by atoms with van der Waals surface area (Å²) in [7, 11) is 2.81. The molecule has 1 aromatic carbocycles. The van der Waals surface area contributed by atoms with E-state index >= 15 is 0 Å². The summed E-state index contributed by atoms with van der Waals surface area (Å²) in [6.45, 7) is 4.25. The molecule has 1 amide bonds. The third-order valence-corrected chi connectivity index (χ3v) is 9.88. The van der Waals surface area contributed by atoms with Crippen LogP contribution in [0.15, 0.2) is 30.0 Å². The summed E-state index contributed by atoms with van der Waals surface area (Å²) in [5.74, 6) is 0.555. The number of rotatable bonds is 12. The highest BCUT2D eigenvalue weighted by Crippen LogP contribution is 2.40. The Kier molecular flexibility index (Phi) is 9.62. The summed E-state index contributed by atoms with van der Waals surface area (Å²) in [4.78, 5) is 22.0. The number of aromatic nitrogens is 3. The fourth-order valence-electron chi connectivity index (χ4n) is 6.09. The lowest BCUT2D eigenvalue weighted by Crippen LogP contribution is -2.59. The molecule has 2 atom stereocenters. The summed E-state index contributed by atoms with van der Waals surface area (Å²) in [6, 6.07) is 6.24. The van der Waals surface area contributed by atoms with Gasteiger partial charge in [-0.05, 0) is 49.0 Å². The van der Waals surface area contributed by atoms with Gasteiger partial charge in [0.05, 0.1) is 31.2 Å². The Hall–Kier alpha value is -3.17. The second-order valence-corrected chi connectivity index (χ2v) is 13.2. The number of fused-ring (bicyclic) bond motifs is 2. The maximum Gasteiger partial charge on any atom is 0.434 e. The molecule has 1 aliphatic carbocycles. The quantitative estimate of drug-likeness (QED) is 0.265. The van der Waals surface area contributed by atoms with E-state index in [0.717, 1.165) is 64.3 Å². The van der Waals surface area contributed by atoms with Gasteiger partial charge in [-0.3, -0.25) is 9.48 Å². The van der Waals surface area contributed by atoms with Crippen molar-refractivity contribution in [3.05, 3.63) is 61.7 Å². The fraction of sp³-hybridized carbons (Fsp3) is 0.516. The fourth-order valence-corrected chi connectivity index (χ4v) is 7.33. The molecule has 3 aromatic rings. The lowest BCUT2D eigenvalue weighted by molar-refractivity contribution is -0.143. The molecule has 2 bridgehead atoms. The second-order valence-electron chi connectivity index (χ2n) is 11.7. The van der Waals surface area contributed by atoms with Gasteiger partial charge in [0.1, 0.15) is 22.4 Å². The van der Waals surface area contributed by atoms with Gasteiger partial charge in [-0.2, -0.15) is 13.2 Å². The molecular weight excluding hydrogens is 645 g/mol. The van der Waals surface area contributed by atoms with E-state index in [-0.39, 0.29) is 49.7 Å². The molecule has 1 unspecified atom stereocenters. The summed E-state index contributed by atoms with van der Waals surface area (Å²) < 4.78 is 56.7. The van der Waals surface area contributed by atoms with Crippen molar-refractivity contribution >= 4 is 34.4 Å². The van der Waals surface area contributed by atoms with Gasteiger partial charge < -0.3 is 29.7 Å². The molecule has 2 fully saturated rings. The molecule has 1 saturated carbocycles. The van der Waals surface area contributed by atoms with Crippen LogP contribution in [0.4, 0.5) is 13.2 Å². The number of hydrogen-bond donors (Lipinski definition) is 2. The molecule has 2 N–H and O–H groups in total. The molecule has 10 nitrogen and oxygen atoms in total. The van der Waals surface area contributed by atoms with Gasteiger partial charge in [0.2, 0.25) is 0 Å². The Morgan fingerprint density at radius 2 is 2.04 bits per heavy atom. The number of nitrogens with one attached hydrogen (secondary N) is 2. The lowest BCUT2D eigenvalue weighted by atomic mass is 9.86. The number of amides is 1. The SMILES string of the molecule is COc1cccc(CN(C(=O)C2=C(c3cnc(COCCOc4nn(C)c(C(F)(F)F)c4Cl)s3)CC3CNC[C@H]2N3)C2CC2)c1C. The van der Waals surface area contributed by atoms with E-state index in [1.165, 1.54) is 11.3 Å². The minimum atomic E-state index is -4.64. The molecule has 15 heteroatoms. The largest absolute Gasteiger partial charge is 0.496 e. The molecule has 3 aliphatic rings. The number of halogens is 4. The van der Waals surface area contributed by atoms with Crippen LogP contribution in [-0.4, -0.2) is 77.1 Å². The van der Waals surface area contributed by atoms with Crippen LogP contribution in [0.5, 0.6) is 11.6 Å². The van der Waals surface area contributed by atoms with Crippen molar-refractivity contribution in [2.24, 2.45) is 7.05 Å². The Balaban J connectivity index is 1.15. The minimum Gasteiger partial charge on any atom is -0.496 e. The number of thiazole rings is 1.